The van der Waals surface area contributed by atoms with Gasteiger partial charge in [-0.25, -0.2) is 18.4 Å². The predicted molar refractivity (Wildman–Crippen MR) is 99.4 cm³/mol. The molecule has 0 atom stereocenters. The summed E-state index contributed by atoms with van der Waals surface area (Å²) in [6.07, 6.45) is 0.131. The zero-order valence-corrected chi connectivity index (χ0v) is 18.0. The number of pyridine rings is 1. The largest absolute Gasteiger partial charge is 1.00 e. The minimum atomic E-state index is -4.22. The van der Waals surface area contributed by atoms with Crippen LogP contribution in [-0.4, -0.2) is 35.3 Å². The van der Waals surface area contributed by atoms with Gasteiger partial charge in [-0.1, -0.05) is 24.3 Å². The van der Waals surface area contributed by atoms with Crippen molar-refractivity contribution in [3.05, 3.63) is 54.6 Å². The van der Waals surface area contributed by atoms with Crippen LogP contribution in [0.25, 0.3) is 33.6 Å². The van der Waals surface area contributed by atoms with E-state index in [2.05, 4.69) is 9.97 Å². The summed E-state index contributed by atoms with van der Waals surface area (Å²) in [6, 6.07) is 16.8. The average molecular weight is 406 g/mol. The number of aromatic nitrogens is 2. The van der Waals surface area contributed by atoms with Gasteiger partial charge in [-0.2, -0.15) is 0 Å². The SMILES string of the molecule is O=S(=O)([O-])CCCOc1ccc2nc(-c3ccc4ccccc4n3)oc2c1.[Na+]. The van der Waals surface area contributed by atoms with Gasteiger partial charge in [0.25, 0.3) is 0 Å². The van der Waals surface area contributed by atoms with E-state index < -0.39 is 15.9 Å². The van der Waals surface area contributed by atoms with E-state index in [9.17, 15) is 13.0 Å². The molecular formula is C19H15N2NaO5S. The van der Waals surface area contributed by atoms with Gasteiger partial charge in [0.05, 0.1) is 22.2 Å². The fraction of sp³-hybridized carbons (Fsp3) is 0.158. The molecule has 0 fully saturated rings. The second-order valence-corrected chi connectivity index (χ2v) is 7.53. The Hall–Kier alpha value is -1.97. The first-order valence-corrected chi connectivity index (χ1v) is 9.89. The summed E-state index contributed by atoms with van der Waals surface area (Å²) in [6.45, 7) is 0.125. The van der Waals surface area contributed by atoms with Crippen LogP contribution in [-0.2, 0) is 10.1 Å². The number of hydrogen-bond acceptors (Lipinski definition) is 7. The standard InChI is InChI=1S/C19H16N2O5S.Na/c22-27(23,24)11-3-10-25-14-7-9-16-18(12-14)26-19(21-16)17-8-6-13-4-1-2-5-15(13)20-17;/h1-2,4-9,12H,3,10-11H2,(H,22,23,24);/q;+1/p-1. The molecule has 0 saturated carbocycles. The normalized spacial score (nSPS) is 11.5. The van der Waals surface area contributed by atoms with Crippen LogP contribution in [0.5, 0.6) is 5.75 Å². The maximum atomic E-state index is 10.6. The van der Waals surface area contributed by atoms with Gasteiger partial charge >= 0.3 is 29.6 Å². The fourth-order valence-electron chi connectivity index (χ4n) is 2.72. The van der Waals surface area contributed by atoms with E-state index in [0.717, 1.165) is 10.9 Å². The summed E-state index contributed by atoms with van der Waals surface area (Å²) in [7, 11) is -4.22. The van der Waals surface area contributed by atoms with Crippen LogP contribution in [0.15, 0.2) is 59.0 Å². The molecular weight excluding hydrogens is 391 g/mol. The molecule has 0 aliphatic rings. The van der Waals surface area contributed by atoms with Gasteiger partial charge < -0.3 is 13.7 Å². The number of ether oxygens (including phenoxy) is 1. The molecule has 0 unspecified atom stereocenters. The Morgan fingerprint density at radius 1 is 1.00 bits per heavy atom. The average Bonchev–Trinajstić information content (AvgIpc) is 3.07. The molecule has 0 radical (unpaired) electrons. The molecule has 0 aliphatic heterocycles. The predicted octanol–water partition coefficient (Wildman–Crippen LogP) is 0.361. The van der Waals surface area contributed by atoms with Crippen molar-refractivity contribution in [2.45, 2.75) is 6.42 Å². The van der Waals surface area contributed by atoms with Crippen molar-refractivity contribution in [3.8, 4) is 17.3 Å². The van der Waals surface area contributed by atoms with Crippen LogP contribution in [0.1, 0.15) is 6.42 Å². The van der Waals surface area contributed by atoms with E-state index in [1.54, 1.807) is 18.2 Å². The first kappa shape index (κ1) is 20.8. The van der Waals surface area contributed by atoms with E-state index in [0.29, 0.717) is 28.4 Å². The monoisotopic (exact) mass is 406 g/mol. The molecule has 0 bridgehead atoms. The Morgan fingerprint density at radius 2 is 1.82 bits per heavy atom. The van der Waals surface area contributed by atoms with Crippen LogP contribution in [0.2, 0.25) is 0 Å². The van der Waals surface area contributed by atoms with Crippen LogP contribution >= 0.6 is 0 Å². The van der Waals surface area contributed by atoms with E-state index in [4.69, 9.17) is 9.15 Å². The van der Waals surface area contributed by atoms with Crippen molar-refractivity contribution in [2.24, 2.45) is 0 Å². The molecule has 2 aromatic carbocycles. The zero-order chi connectivity index (χ0) is 18.9. The number of nitrogens with zero attached hydrogens (tertiary/aromatic N) is 2. The summed E-state index contributed by atoms with van der Waals surface area (Å²) >= 11 is 0. The van der Waals surface area contributed by atoms with Gasteiger partial charge in [0.2, 0.25) is 5.89 Å². The van der Waals surface area contributed by atoms with E-state index >= 15 is 0 Å². The fourth-order valence-corrected chi connectivity index (χ4v) is 3.19. The molecule has 28 heavy (non-hydrogen) atoms. The van der Waals surface area contributed by atoms with Crippen molar-refractivity contribution in [1.29, 1.82) is 0 Å². The minimum absolute atomic E-state index is 0. The van der Waals surface area contributed by atoms with Gasteiger partial charge in [0.15, 0.2) is 5.58 Å². The van der Waals surface area contributed by atoms with E-state index in [1.807, 2.05) is 36.4 Å². The summed E-state index contributed by atoms with van der Waals surface area (Å²) in [4.78, 5) is 9.03. The van der Waals surface area contributed by atoms with Crippen LogP contribution in [0.3, 0.4) is 0 Å². The molecule has 9 heteroatoms. The second-order valence-electron chi connectivity index (χ2n) is 6.00. The van der Waals surface area contributed by atoms with Crippen molar-refractivity contribution in [2.75, 3.05) is 12.4 Å². The minimum Gasteiger partial charge on any atom is -0.748 e. The molecule has 4 rings (SSSR count). The van der Waals surface area contributed by atoms with Crippen LogP contribution in [0.4, 0.5) is 0 Å². The van der Waals surface area contributed by atoms with Crippen molar-refractivity contribution >= 4 is 32.1 Å². The summed E-state index contributed by atoms with van der Waals surface area (Å²) in [5.41, 5.74) is 2.69. The number of benzene rings is 2. The van der Waals surface area contributed by atoms with Gasteiger partial charge in [-0.05, 0) is 30.7 Å². The molecule has 2 heterocycles. The first-order valence-electron chi connectivity index (χ1n) is 8.31. The number of rotatable bonds is 6. The van der Waals surface area contributed by atoms with Gasteiger partial charge in [0, 0.05) is 17.2 Å². The molecule has 2 aromatic heterocycles. The smallest absolute Gasteiger partial charge is 0.748 e. The Labute approximate surface area is 183 Å². The Morgan fingerprint density at radius 3 is 2.64 bits per heavy atom. The number of para-hydroxylation sites is 1. The third-order valence-electron chi connectivity index (χ3n) is 3.98. The summed E-state index contributed by atoms with van der Waals surface area (Å²) < 4.78 is 43.1. The van der Waals surface area contributed by atoms with Crippen molar-refractivity contribution in [3.63, 3.8) is 0 Å². The van der Waals surface area contributed by atoms with Gasteiger partial charge in [0.1, 0.15) is 17.0 Å². The molecule has 0 spiro atoms. The number of hydrogen-bond donors (Lipinski definition) is 0. The molecule has 0 amide bonds. The van der Waals surface area contributed by atoms with Gasteiger partial charge in [-0.15, -0.1) is 0 Å². The molecule has 4 aromatic rings. The molecule has 138 valence electrons. The van der Waals surface area contributed by atoms with Gasteiger partial charge in [-0.3, -0.25) is 0 Å². The zero-order valence-electron chi connectivity index (χ0n) is 15.2. The third kappa shape index (κ3) is 4.89. The Kier molecular flexibility index (Phi) is 6.36. The topological polar surface area (TPSA) is 105 Å². The quantitative estimate of drug-likeness (QED) is 0.259. The van der Waals surface area contributed by atoms with Crippen molar-refractivity contribution < 1.29 is 51.7 Å². The maximum absolute atomic E-state index is 10.6. The van der Waals surface area contributed by atoms with Crippen LogP contribution in [0, 0.1) is 0 Å². The summed E-state index contributed by atoms with van der Waals surface area (Å²) in [5, 5.41) is 1.04. The van der Waals surface area contributed by atoms with E-state index in [-0.39, 0.29) is 42.6 Å². The van der Waals surface area contributed by atoms with Crippen molar-refractivity contribution in [1.82, 2.24) is 9.97 Å². The first-order chi connectivity index (χ1) is 13.0. The number of oxazole rings is 1. The molecule has 7 nitrogen and oxygen atoms in total. The molecule has 0 aliphatic carbocycles. The number of fused-ring (bicyclic) bond motifs is 2. The maximum Gasteiger partial charge on any atom is 1.00 e. The summed E-state index contributed by atoms with van der Waals surface area (Å²) in [5.74, 6) is 0.473. The Balaban J connectivity index is 0.00000225. The van der Waals surface area contributed by atoms with Crippen LogP contribution < -0.4 is 34.3 Å². The second kappa shape index (κ2) is 8.59. The third-order valence-corrected chi connectivity index (χ3v) is 4.77. The molecule has 0 N–H and O–H groups in total. The molecule has 0 saturated heterocycles. The Bertz CT molecular complexity index is 1220. The van der Waals surface area contributed by atoms with E-state index in [1.165, 1.54) is 0 Å².